The Kier molecular flexibility index (Phi) is 24.0. The number of benzene rings is 2. The number of halogens is 2. The summed E-state index contributed by atoms with van der Waals surface area (Å²) in [7, 11) is 0. The number of imide groups is 2. The predicted octanol–water partition coefficient (Wildman–Crippen LogP) is 8.20. The molecule has 1 atom stereocenters. The van der Waals surface area contributed by atoms with Crippen molar-refractivity contribution in [3.63, 3.8) is 0 Å². The number of hydrogen-bond acceptors (Lipinski definition) is 11. The summed E-state index contributed by atoms with van der Waals surface area (Å²) in [5.74, 6) is -3.40. The minimum absolute atomic E-state index is 0.00661. The van der Waals surface area contributed by atoms with Crippen LogP contribution in [0.25, 0.3) is 0 Å². The van der Waals surface area contributed by atoms with Gasteiger partial charge in [0.15, 0.2) is 6.61 Å². The van der Waals surface area contributed by atoms with E-state index in [0.717, 1.165) is 114 Å². The van der Waals surface area contributed by atoms with E-state index in [2.05, 4.69) is 36.8 Å². The third kappa shape index (κ3) is 17.9. The van der Waals surface area contributed by atoms with E-state index in [4.69, 9.17) is 27.9 Å². The number of unbranched alkanes of at least 4 members (excludes halogenated alkanes) is 16. The molecule has 1 unspecified atom stereocenters. The second kappa shape index (κ2) is 31.0. The second-order valence-electron chi connectivity index (χ2n) is 19.8. The maximum Gasteiger partial charge on any atom is 0.271 e. The molecular formula is C55H73Cl2N9O10. The average Bonchev–Trinajstić information content (AvgIpc) is 4.00. The van der Waals surface area contributed by atoms with Gasteiger partial charge in [-0.1, -0.05) is 125 Å². The normalized spacial score (nSPS) is 15.6. The Morgan fingerprint density at radius 1 is 0.658 bits per heavy atom. The maximum absolute atomic E-state index is 13.2. The zero-order valence-corrected chi connectivity index (χ0v) is 44.9. The number of nitrogens with one attached hydrogen (secondary N) is 6. The molecule has 2 fully saturated rings. The van der Waals surface area contributed by atoms with Gasteiger partial charge in [-0.15, -0.1) is 0 Å². The van der Waals surface area contributed by atoms with Crippen LogP contribution in [-0.2, 0) is 24.0 Å². The largest absolute Gasteiger partial charge is 0.483 e. The first-order valence-electron chi connectivity index (χ1n) is 27.2. The number of carbonyl (C=O) groups is 9. The zero-order chi connectivity index (χ0) is 54.2. The summed E-state index contributed by atoms with van der Waals surface area (Å²) < 4.78 is 5.65. The molecule has 0 bridgehead atoms. The lowest BCUT2D eigenvalue weighted by molar-refractivity contribution is -0.136. The molecule has 9 amide bonds. The monoisotopic (exact) mass is 1090 g/mol. The fraction of sp³-hybridized carbons (Fsp3) is 0.564. The van der Waals surface area contributed by atoms with Crippen LogP contribution in [0.4, 0.5) is 5.69 Å². The maximum atomic E-state index is 13.2. The quantitative estimate of drug-likeness (QED) is 0.0256. The summed E-state index contributed by atoms with van der Waals surface area (Å²) in [5, 5.41) is 20.7. The molecule has 4 heterocycles. The number of H-pyrrole nitrogens is 1. The number of nitrogens with zero attached hydrogens (tertiary/aromatic N) is 3. The van der Waals surface area contributed by atoms with E-state index < -0.39 is 41.5 Å². The molecule has 3 aromatic rings. The number of ether oxygens (including phenoxy) is 1. The van der Waals surface area contributed by atoms with Gasteiger partial charge in [0.05, 0.1) is 38.6 Å². The first kappa shape index (κ1) is 58.9. The highest BCUT2D eigenvalue weighted by Gasteiger charge is 2.46. The molecule has 0 radical (unpaired) electrons. The van der Waals surface area contributed by atoms with Crippen molar-refractivity contribution in [2.75, 3.05) is 38.1 Å². The van der Waals surface area contributed by atoms with Crippen LogP contribution in [0.5, 0.6) is 5.75 Å². The van der Waals surface area contributed by atoms with Gasteiger partial charge < -0.3 is 30.9 Å². The smallest absolute Gasteiger partial charge is 0.271 e. The van der Waals surface area contributed by atoms with Gasteiger partial charge in [-0.25, -0.2) is 0 Å². The van der Waals surface area contributed by atoms with Crippen molar-refractivity contribution >= 4 is 82.1 Å². The number of hydrogen-bond donors (Lipinski definition) is 6. The topological polar surface area (TPSA) is 258 Å². The van der Waals surface area contributed by atoms with E-state index in [-0.39, 0.29) is 87.1 Å². The molecular weight excluding hydrogens is 1020 g/mol. The second-order valence-corrected chi connectivity index (χ2v) is 20.6. The van der Waals surface area contributed by atoms with Gasteiger partial charge in [-0.05, 0) is 69.2 Å². The molecule has 3 aliphatic rings. The number of carbonyl (C=O) groups excluding carboxylic acids is 9. The molecule has 76 heavy (non-hydrogen) atoms. The Hall–Kier alpha value is -6.34. The van der Waals surface area contributed by atoms with Crippen molar-refractivity contribution in [3.05, 3.63) is 75.0 Å². The van der Waals surface area contributed by atoms with Gasteiger partial charge in [0, 0.05) is 51.5 Å². The van der Waals surface area contributed by atoms with Crippen LogP contribution >= 0.6 is 23.2 Å². The Morgan fingerprint density at radius 3 is 1.84 bits per heavy atom. The molecule has 0 saturated carbocycles. The molecule has 6 N–H and O–H groups in total. The summed E-state index contributed by atoms with van der Waals surface area (Å²) in [4.78, 5) is 116. The zero-order valence-electron chi connectivity index (χ0n) is 43.4. The fourth-order valence-electron chi connectivity index (χ4n) is 9.77. The van der Waals surface area contributed by atoms with Gasteiger partial charge in [-0.3, -0.25) is 58.5 Å². The summed E-state index contributed by atoms with van der Waals surface area (Å²) in [5.41, 5.74) is 0.525. The minimum Gasteiger partial charge on any atom is -0.483 e. The van der Waals surface area contributed by atoms with Crippen molar-refractivity contribution in [1.82, 2.24) is 41.3 Å². The first-order chi connectivity index (χ1) is 36.8. The number of amides is 9. The SMILES string of the molecule is O=C(CCCCCCCCCCCNC(=O)COc1cccc2c1C(=O)N(C1CCC(=O)NC1=O)C2=O)NCCCCCCCCCCCC(=O)N1CCC(NC(=O)c2[nH]ncc2NC(=O)c2c(Cl)cccc2Cl)CC1. The number of likely N-dealkylation sites (tertiary alicyclic amines) is 1. The molecule has 19 nitrogen and oxygen atoms in total. The third-order valence-electron chi connectivity index (χ3n) is 14.1. The molecule has 21 heteroatoms. The lowest BCUT2D eigenvalue weighted by Crippen LogP contribution is -2.54. The number of aromatic amines is 1. The molecule has 0 aliphatic carbocycles. The van der Waals surface area contributed by atoms with Gasteiger partial charge in [0.2, 0.25) is 23.6 Å². The van der Waals surface area contributed by atoms with E-state index >= 15 is 0 Å². The van der Waals surface area contributed by atoms with Crippen molar-refractivity contribution in [1.29, 1.82) is 0 Å². The number of fused-ring (bicyclic) bond motifs is 1. The van der Waals surface area contributed by atoms with Crippen LogP contribution in [0.3, 0.4) is 0 Å². The van der Waals surface area contributed by atoms with E-state index in [0.29, 0.717) is 45.3 Å². The molecule has 1 aromatic heterocycles. The van der Waals surface area contributed by atoms with Crippen LogP contribution < -0.4 is 31.3 Å². The summed E-state index contributed by atoms with van der Waals surface area (Å²) in [6.45, 7) is 2.04. The van der Waals surface area contributed by atoms with Crippen LogP contribution in [0.2, 0.25) is 10.0 Å². The molecule has 6 rings (SSSR count). The highest BCUT2D eigenvalue weighted by molar-refractivity contribution is 6.40. The lowest BCUT2D eigenvalue weighted by atomic mass is 10.0. The number of aromatic nitrogens is 2. The highest BCUT2D eigenvalue weighted by Crippen LogP contribution is 2.34. The van der Waals surface area contributed by atoms with Gasteiger partial charge in [0.1, 0.15) is 17.5 Å². The van der Waals surface area contributed by atoms with Crippen LogP contribution in [-0.4, -0.2) is 118 Å². The lowest BCUT2D eigenvalue weighted by Gasteiger charge is -2.32. The first-order valence-corrected chi connectivity index (χ1v) is 28.0. The van der Waals surface area contributed by atoms with E-state index in [1.165, 1.54) is 31.2 Å². The third-order valence-corrected chi connectivity index (χ3v) is 14.7. The van der Waals surface area contributed by atoms with Crippen molar-refractivity contribution in [2.45, 2.75) is 166 Å². The van der Waals surface area contributed by atoms with Crippen LogP contribution in [0, 0.1) is 0 Å². The van der Waals surface area contributed by atoms with Crippen LogP contribution in [0.1, 0.15) is 196 Å². The van der Waals surface area contributed by atoms with Crippen molar-refractivity contribution in [2.24, 2.45) is 0 Å². The predicted molar refractivity (Wildman–Crippen MR) is 287 cm³/mol. The fourth-order valence-corrected chi connectivity index (χ4v) is 10.3. The van der Waals surface area contributed by atoms with Crippen molar-refractivity contribution < 1.29 is 47.9 Å². The Balaban J connectivity index is 0.668. The van der Waals surface area contributed by atoms with Gasteiger partial charge in [-0.2, -0.15) is 5.10 Å². The molecule has 0 spiro atoms. The van der Waals surface area contributed by atoms with E-state index in [1.807, 2.05) is 4.90 Å². The van der Waals surface area contributed by atoms with Crippen LogP contribution in [0.15, 0.2) is 42.6 Å². The molecule has 2 saturated heterocycles. The Labute approximate surface area is 454 Å². The van der Waals surface area contributed by atoms with E-state index in [1.54, 1.807) is 24.3 Å². The van der Waals surface area contributed by atoms with Crippen molar-refractivity contribution in [3.8, 4) is 5.75 Å². The number of rotatable bonds is 32. The highest BCUT2D eigenvalue weighted by atomic mass is 35.5. The standard InChI is InChI=1S/C55H73Cl2N9O10/c56-39-22-20-23-40(57)49(39)52(72)62-41-35-60-64-50(41)53(73)61-37-29-33-65(34-30-37)47(70)26-16-12-8-4-2-6-9-13-17-31-58-44(67)25-15-11-7-3-1-5-10-14-18-32-59-46(69)36-76-43-24-19-21-38-48(43)55(75)66(54(38)74)42-27-28-45(68)63-51(42)71/h19-24,35,37,42H,1-18,25-34,36H2,(H,58,67)(H,59,69)(H,60,64)(H,61,73)(H,62,72)(H,63,68,71). The molecule has 412 valence electrons. The molecule has 3 aliphatic heterocycles. The van der Waals surface area contributed by atoms with Gasteiger partial charge >= 0.3 is 0 Å². The number of anilines is 1. The summed E-state index contributed by atoms with van der Waals surface area (Å²) in [6.07, 6.45) is 22.8. The summed E-state index contributed by atoms with van der Waals surface area (Å²) in [6, 6.07) is 8.08. The van der Waals surface area contributed by atoms with E-state index in [9.17, 15) is 43.2 Å². The Morgan fingerprint density at radius 2 is 1.22 bits per heavy atom. The summed E-state index contributed by atoms with van der Waals surface area (Å²) >= 11 is 12.3. The van der Waals surface area contributed by atoms with Gasteiger partial charge in [0.25, 0.3) is 29.5 Å². The molecule has 2 aromatic carbocycles. The Bertz CT molecular complexity index is 2490. The average molecular weight is 1090 g/mol. The minimum atomic E-state index is -1.08. The number of piperidine rings is 2.